The Bertz CT molecular complexity index is 2220. The fourth-order valence-electron chi connectivity index (χ4n) is 6.33. The van der Waals surface area contributed by atoms with Crippen LogP contribution in [0.3, 0.4) is 0 Å². The van der Waals surface area contributed by atoms with Gasteiger partial charge in [0.1, 0.15) is 0 Å². The molecule has 2 amide bonds. The molecule has 0 spiro atoms. The van der Waals surface area contributed by atoms with E-state index in [1.807, 2.05) is 38.1 Å². The maximum Gasteiger partial charge on any atom is 0.268 e. The van der Waals surface area contributed by atoms with E-state index in [4.69, 9.17) is 16.6 Å². The Labute approximate surface area is 302 Å². The smallest absolute Gasteiger partial charge is 0.268 e. The van der Waals surface area contributed by atoms with Crippen molar-refractivity contribution in [3.05, 3.63) is 113 Å². The number of benzene rings is 3. The van der Waals surface area contributed by atoms with Gasteiger partial charge in [0.25, 0.3) is 15.9 Å². The molecule has 2 aromatic heterocycles. The van der Waals surface area contributed by atoms with Crippen LogP contribution in [0, 0.1) is 13.8 Å². The highest BCUT2D eigenvalue weighted by Gasteiger charge is 2.29. The quantitative estimate of drug-likeness (QED) is 0.133. The van der Waals surface area contributed by atoms with Gasteiger partial charge in [-0.25, -0.2) is 22.4 Å². The van der Waals surface area contributed by atoms with Crippen LogP contribution in [-0.4, -0.2) is 71.8 Å². The van der Waals surface area contributed by atoms with Crippen LogP contribution >= 0.6 is 11.6 Å². The topological polar surface area (TPSA) is 138 Å². The Kier molecular flexibility index (Phi) is 10.6. The number of carbonyl (C=O) groups is 2. The van der Waals surface area contributed by atoms with Crippen molar-refractivity contribution in [2.75, 3.05) is 31.3 Å². The fraction of sp³-hybridized carbons (Fsp3) is 0.263. The molecule has 2 atom stereocenters. The minimum absolute atomic E-state index is 0.00758. The number of likely N-dealkylation sites (N-methyl/N-ethyl adjacent to an activating group) is 1. The molecule has 1 fully saturated rings. The second-order valence-electron chi connectivity index (χ2n) is 13.0. The van der Waals surface area contributed by atoms with E-state index < -0.39 is 10.0 Å². The molecule has 0 radical (unpaired) electrons. The molecule has 3 aromatic carbocycles. The zero-order valence-corrected chi connectivity index (χ0v) is 30.4. The summed E-state index contributed by atoms with van der Waals surface area (Å²) in [7, 11) is -0.0846. The van der Waals surface area contributed by atoms with Crippen LogP contribution in [0.15, 0.2) is 96.0 Å². The molecule has 3 N–H and O–H groups in total. The normalized spacial score (nSPS) is 16.2. The molecule has 264 valence electrons. The van der Waals surface area contributed by atoms with Gasteiger partial charge in [-0.3, -0.25) is 9.59 Å². The molecule has 0 saturated heterocycles. The van der Waals surface area contributed by atoms with Crippen LogP contribution in [0.5, 0.6) is 0 Å². The van der Waals surface area contributed by atoms with Crippen LogP contribution in [-0.2, 0) is 14.8 Å². The van der Waals surface area contributed by atoms with E-state index in [1.54, 1.807) is 73.7 Å². The lowest BCUT2D eigenvalue weighted by molar-refractivity contribution is -0.111. The van der Waals surface area contributed by atoms with Crippen molar-refractivity contribution in [3.63, 3.8) is 0 Å². The lowest BCUT2D eigenvalue weighted by atomic mass is 10.1. The Morgan fingerprint density at radius 2 is 1.69 bits per heavy atom. The van der Waals surface area contributed by atoms with Gasteiger partial charge in [0, 0.05) is 52.6 Å². The van der Waals surface area contributed by atoms with Gasteiger partial charge in [0.15, 0.2) is 0 Å². The van der Waals surface area contributed by atoms with Crippen molar-refractivity contribution in [1.29, 1.82) is 0 Å². The van der Waals surface area contributed by atoms with Crippen LogP contribution in [0.4, 0.5) is 11.6 Å². The third-order valence-electron chi connectivity index (χ3n) is 8.85. The van der Waals surface area contributed by atoms with E-state index in [0.717, 1.165) is 18.4 Å². The van der Waals surface area contributed by atoms with Crippen LogP contribution in [0.1, 0.15) is 40.9 Å². The van der Waals surface area contributed by atoms with Crippen LogP contribution in [0.25, 0.3) is 22.2 Å². The average molecular weight is 726 g/mol. The fourth-order valence-corrected chi connectivity index (χ4v) is 8.08. The van der Waals surface area contributed by atoms with Gasteiger partial charge >= 0.3 is 0 Å². The van der Waals surface area contributed by atoms with Crippen molar-refractivity contribution < 1.29 is 18.0 Å². The van der Waals surface area contributed by atoms with Gasteiger partial charge < -0.3 is 20.9 Å². The Balaban J connectivity index is 1.14. The number of fused-ring (bicyclic) bond motifs is 1. The standard InChI is InChI=1S/C38H40ClN7O4S/c1-24-11-19-30(20-12-24)51(49,50)46-25(2)35(31-8-5-6-9-33(31)46)36-32(39)23-40-38(44-36)43-29-18-17-28(22-29)42-37(48)26-13-15-27(16-14-26)41-34(47)10-7-21-45(3)4/h5-16,19-20,23,28-29H,17-18,21-22H2,1-4H3,(H,41,47)(H,42,48)(H,40,43,44)/b10-7+/t28-,29?/m1/s1. The molecule has 51 heavy (non-hydrogen) atoms. The van der Waals surface area contributed by atoms with Gasteiger partial charge in [-0.1, -0.05) is 53.6 Å². The van der Waals surface area contributed by atoms with E-state index >= 15 is 0 Å². The summed E-state index contributed by atoms with van der Waals surface area (Å²) in [6.45, 7) is 4.33. The molecule has 1 aliphatic rings. The first kappa shape index (κ1) is 35.8. The molecule has 2 heterocycles. The molecule has 1 saturated carbocycles. The summed E-state index contributed by atoms with van der Waals surface area (Å²) in [5.41, 5.74) is 4.11. The molecule has 11 nitrogen and oxygen atoms in total. The number of anilines is 2. The zero-order chi connectivity index (χ0) is 36.3. The Hall–Kier alpha value is -5.04. The molecule has 13 heteroatoms. The molecular weight excluding hydrogens is 686 g/mol. The lowest BCUT2D eigenvalue weighted by Gasteiger charge is -2.16. The molecule has 1 unspecified atom stereocenters. The molecule has 0 aliphatic heterocycles. The van der Waals surface area contributed by atoms with E-state index in [0.29, 0.717) is 63.0 Å². The molecule has 5 aromatic rings. The number of aromatic nitrogens is 3. The van der Waals surface area contributed by atoms with Gasteiger partial charge in [-0.15, -0.1) is 0 Å². The molecule has 1 aliphatic carbocycles. The third-order valence-corrected chi connectivity index (χ3v) is 10.9. The molecular formula is C38H40ClN7O4S. The van der Waals surface area contributed by atoms with Crippen molar-refractivity contribution in [2.45, 2.75) is 50.1 Å². The number of nitrogens with zero attached hydrogens (tertiary/aromatic N) is 4. The highest BCUT2D eigenvalue weighted by Crippen LogP contribution is 2.39. The first-order chi connectivity index (χ1) is 24.4. The van der Waals surface area contributed by atoms with Crippen molar-refractivity contribution in [1.82, 2.24) is 24.2 Å². The molecule has 6 rings (SSSR count). The second-order valence-corrected chi connectivity index (χ2v) is 15.2. The largest absolute Gasteiger partial charge is 0.351 e. The monoisotopic (exact) mass is 725 g/mol. The van der Waals surface area contributed by atoms with Gasteiger partial charge in [-0.2, -0.15) is 0 Å². The van der Waals surface area contributed by atoms with Crippen molar-refractivity contribution in [3.8, 4) is 11.3 Å². The number of hydrogen-bond acceptors (Lipinski definition) is 8. The third kappa shape index (κ3) is 7.98. The first-order valence-electron chi connectivity index (χ1n) is 16.7. The number of para-hydroxylation sites is 1. The number of hydrogen-bond donors (Lipinski definition) is 3. The minimum atomic E-state index is -3.93. The number of rotatable bonds is 11. The lowest BCUT2D eigenvalue weighted by Crippen LogP contribution is -2.34. The van der Waals surface area contributed by atoms with Gasteiger partial charge in [0.2, 0.25) is 11.9 Å². The van der Waals surface area contributed by atoms with E-state index in [9.17, 15) is 18.0 Å². The van der Waals surface area contributed by atoms with E-state index in [2.05, 4.69) is 20.9 Å². The number of nitrogens with one attached hydrogen (secondary N) is 3. The maximum atomic E-state index is 13.9. The highest BCUT2D eigenvalue weighted by atomic mass is 35.5. The van der Waals surface area contributed by atoms with E-state index in [1.165, 1.54) is 16.2 Å². The number of carbonyl (C=O) groups excluding carboxylic acids is 2. The summed E-state index contributed by atoms with van der Waals surface area (Å²) in [4.78, 5) is 36.5. The molecule has 0 bridgehead atoms. The second kappa shape index (κ2) is 15.1. The zero-order valence-electron chi connectivity index (χ0n) is 28.9. The SMILES string of the molecule is Cc1ccc(S(=O)(=O)n2c(C)c(-c3nc(NC4CC[C@@H](NC(=O)c5ccc(NC(=O)/C=C/CN(C)C)cc5)C4)ncc3Cl)c3ccccc32)cc1. The Morgan fingerprint density at radius 1 is 0.980 bits per heavy atom. The minimum Gasteiger partial charge on any atom is -0.351 e. The van der Waals surface area contributed by atoms with Crippen molar-refractivity contribution in [2.24, 2.45) is 0 Å². The highest BCUT2D eigenvalue weighted by molar-refractivity contribution is 7.90. The number of halogens is 1. The summed E-state index contributed by atoms with van der Waals surface area (Å²) in [5, 5.41) is 10.3. The average Bonchev–Trinajstić information content (AvgIpc) is 3.66. The van der Waals surface area contributed by atoms with Crippen LogP contribution < -0.4 is 16.0 Å². The van der Waals surface area contributed by atoms with Crippen molar-refractivity contribution >= 4 is 56.0 Å². The summed E-state index contributed by atoms with van der Waals surface area (Å²) >= 11 is 6.70. The van der Waals surface area contributed by atoms with Gasteiger partial charge in [0.05, 0.1) is 27.3 Å². The summed E-state index contributed by atoms with van der Waals surface area (Å²) in [6.07, 6.45) is 7.00. The van der Waals surface area contributed by atoms with Gasteiger partial charge in [-0.05, 0) is 89.7 Å². The van der Waals surface area contributed by atoms with E-state index in [-0.39, 0.29) is 28.8 Å². The van der Waals surface area contributed by atoms with Crippen LogP contribution in [0.2, 0.25) is 5.02 Å². The maximum absolute atomic E-state index is 13.9. The number of aryl methyl sites for hydroxylation is 1. The predicted molar refractivity (Wildman–Crippen MR) is 202 cm³/mol. The first-order valence-corrected chi connectivity index (χ1v) is 18.5. The summed E-state index contributed by atoms with van der Waals surface area (Å²) < 4.78 is 29.2. The Morgan fingerprint density at radius 3 is 2.41 bits per heavy atom. The predicted octanol–water partition coefficient (Wildman–Crippen LogP) is 6.42. The summed E-state index contributed by atoms with van der Waals surface area (Å²) in [5.74, 6) is -0.0663. The summed E-state index contributed by atoms with van der Waals surface area (Å²) in [6, 6.07) is 20.8. The number of amides is 2.